The molecule has 1 saturated heterocycles. The first-order valence-corrected chi connectivity index (χ1v) is 4.81. The van der Waals surface area contributed by atoms with Crippen LogP contribution in [0.4, 0.5) is 0 Å². The molecule has 2 N–H and O–H groups in total. The highest BCUT2D eigenvalue weighted by Crippen LogP contribution is 2.12. The molecule has 0 aromatic carbocycles. The first kappa shape index (κ1) is 8.56. The number of aryl methyl sites for hydroxylation is 1. The summed E-state index contributed by atoms with van der Waals surface area (Å²) < 4.78 is 1.66. The van der Waals surface area contributed by atoms with Gasteiger partial charge in [0.1, 0.15) is 0 Å². The zero-order valence-electron chi connectivity index (χ0n) is 7.62. The summed E-state index contributed by atoms with van der Waals surface area (Å²) in [5.74, 6) is 0.746. The average Bonchev–Trinajstić information content (AvgIpc) is 2.72. The molecule has 1 fully saturated rings. The van der Waals surface area contributed by atoms with Crippen LogP contribution in [0.2, 0.25) is 0 Å². The standard InChI is InChI=1S/C9H15N3O/c13-9-2-5-11-12(9)6-3-8-1-4-10-7-8/h2,5,8,10-11H,1,3-4,6-7H2. The maximum atomic E-state index is 11.1. The molecule has 0 amide bonds. The normalized spacial score (nSPS) is 22.3. The van der Waals surface area contributed by atoms with Crippen molar-refractivity contribution >= 4 is 0 Å². The second kappa shape index (κ2) is 3.79. The van der Waals surface area contributed by atoms with E-state index in [-0.39, 0.29) is 5.56 Å². The molecule has 4 heteroatoms. The Hall–Kier alpha value is -1.03. The third-order valence-corrected chi connectivity index (χ3v) is 2.65. The smallest absolute Gasteiger partial charge is 0.266 e. The molecule has 0 bridgehead atoms. The van der Waals surface area contributed by atoms with E-state index in [0.29, 0.717) is 0 Å². The zero-order chi connectivity index (χ0) is 9.10. The van der Waals surface area contributed by atoms with Crippen LogP contribution in [-0.4, -0.2) is 22.9 Å². The van der Waals surface area contributed by atoms with Crippen LogP contribution in [0.1, 0.15) is 12.8 Å². The predicted octanol–water partition coefficient (Wildman–Crippen LogP) is 0.176. The van der Waals surface area contributed by atoms with E-state index in [9.17, 15) is 4.79 Å². The van der Waals surface area contributed by atoms with Crippen LogP contribution in [0.25, 0.3) is 0 Å². The van der Waals surface area contributed by atoms with Gasteiger partial charge in [0.25, 0.3) is 5.56 Å². The summed E-state index contributed by atoms with van der Waals surface area (Å²) >= 11 is 0. The molecule has 1 aromatic heterocycles. The number of nitrogens with zero attached hydrogens (tertiary/aromatic N) is 1. The summed E-state index contributed by atoms with van der Waals surface area (Å²) in [4.78, 5) is 11.1. The largest absolute Gasteiger partial charge is 0.316 e. The minimum atomic E-state index is 0.0750. The first-order chi connectivity index (χ1) is 6.36. The second-order valence-corrected chi connectivity index (χ2v) is 3.60. The van der Waals surface area contributed by atoms with Gasteiger partial charge in [-0.05, 0) is 31.8 Å². The molecule has 1 aromatic rings. The maximum absolute atomic E-state index is 11.1. The number of aromatic nitrogens is 2. The number of H-pyrrole nitrogens is 1. The van der Waals surface area contributed by atoms with Crippen molar-refractivity contribution in [1.82, 2.24) is 15.1 Å². The summed E-state index contributed by atoms with van der Waals surface area (Å²) in [6.45, 7) is 3.05. The molecule has 1 atom stereocenters. The molecule has 0 spiro atoms. The van der Waals surface area contributed by atoms with Gasteiger partial charge in [0, 0.05) is 18.8 Å². The van der Waals surface area contributed by atoms with Crippen molar-refractivity contribution in [1.29, 1.82) is 0 Å². The lowest BCUT2D eigenvalue weighted by atomic mass is 10.1. The molecular formula is C9H15N3O. The minimum Gasteiger partial charge on any atom is -0.316 e. The van der Waals surface area contributed by atoms with Gasteiger partial charge in [0.15, 0.2) is 0 Å². The summed E-state index contributed by atoms with van der Waals surface area (Å²) in [6.07, 6.45) is 4.03. The SMILES string of the molecule is O=c1cc[nH]n1CCC1CCNC1. The molecule has 72 valence electrons. The van der Waals surface area contributed by atoms with Crippen molar-refractivity contribution < 1.29 is 0 Å². The van der Waals surface area contributed by atoms with E-state index in [1.165, 1.54) is 6.42 Å². The summed E-state index contributed by atoms with van der Waals surface area (Å²) in [5, 5.41) is 6.23. The van der Waals surface area contributed by atoms with Gasteiger partial charge in [0.2, 0.25) is 0 Å². The Morgan fingerprint density at radius 3 is 3.15 bits per heavy atom. The molecule has 2 rings (SSSR count). The van der Waals surface area contributed by atoms with E-state index in [1.807, 2.05) is 0 Å². The van der Waals surface area contributed by atoms with Gasteiger partial charge in [-0.3, -0.25) is 9.48 Å². The molecular weight excluding hydrogens is 166 g/mol. The Morgan fingerprint density at radius 2 is 2.54 bits per heavy atom. The third-order valence-electron chi connectivity index (χ3n) is 2.65. The fraction of sp³-hybridized carbons (Fsp3) is 0.667. The van der Waals surface area contributed by atoms with Gasteiger partial charge in [-0.15, -0.1) is 0 Å². The van der Waals surface area contributed by atoms with E-state index >= 15 is 0 Å². The van der Waals surface area contributed by atoms with Crippen molar-refractivity contribution in [3.8, 4) is 0 Å². The number of nitrogens with one attached hydrogen (secondary N) is 2. The van der Waals surface area contributed by atoms with Gasteiger partial charge in [0.05, 0.1) is 0 Å². The van der Waals surface area contributed by atoms with Crippen LogP contribution >= 0.6 is 0 Å². The van der Waals surface area contributed by atoms with Gasteiger partial charge < -0.3 is 10.4 Å². The van der Waals surface area contributed by atoms with Gasteiger partial charge in [-0.2, -0.15) is 0 Å². The molecule has 0 aliphatic carbocycles. The average molecular weight is 181 g/mol. The van der Waals surface area contributed by atoms with Crippen molar-refractivity contribution in [2.24, 2.45) is 5.92 Å². The molecule has 1 aliphatic heterocycles. The van der Waals surface area contributed by atoms with Crippen molar-refractivity contribution in [3.63, 3.8) is 0 Å². The van der Waals surface area contributed by atoms with Crippen LogP contribution in [0.5, 0.6) is 0 Å². The number of hydrogen-bond donors (Lipinski definition) is 2. The Labute approximate surface area is 76.9 Å². The predicted molar refractivity (Wildman–Crippen MR) is 50.6 cm³/mol. The van der Waals surface area contributed by atoms with Crippen LogP contribution in [0, 0.1) is 5.92 Å². The zero-order valence-corrected chi connectivity index (χ0v) is 7.62. The van der Waals surface area contributed by atoms with Crippen molar-refractivity contribution in [2.45, 2.75) is 19.4 Å². The highest BCUT2D eigenvalue weighted by Gasteiger charge is 2.13. The van der Waals surface area contributed by atoms with Crippen LogP contribution in [-0.2, 0) is 6.54 Å². The van der Waals surface area contributed by atoms with Gasteiger partial charge in [-0.25, -0.2) is 0 Å². The highest BCUT2D eigenvalue weighted by atomic mass is 16.1. The lowest BCUT2D eigenvalue weighted by molar-refractivity contribution is 0.452. The molecule has 13 heavy (non-hydrogen) atoms. The van der Waals surface area contributed by atoms with Crippen LogP contribution < -0.4 is 10.9 Å². The van der Waals surface area contributed by atoms with Gasteiger partial charge >= 0.3 is 0 Å². The number of rotatable bonds is 3. The lowest BCUT2D eigenvalue weighted by Crippen LogP contribution is -2.18. The number of aromatic amines is 1. The first-order valence-electron chi connectivity index (χ1n) is 4.81. The monoisotopic (exact) mass is 181 g/mol. The Morgan fingerprint density at radius 1 is 1.62 bits per heavy atom. The third kappa shape index (κ3) is 2.01. The Bertz CT molecular complexity index is 309. The summed E-state index contributed by atoms with van der Waals surface area (Å²) in [6, 6.07) is 1.56. The van der Waals surface area contributed by atoms with E-state index in [1.54, 1.807) is 16.9 Å². The summed E-state index contributed by atoms with van der Waals surface area (Å²) in [7, 11) is 0. The van der Waals surface area contributed by atoms with E-state index in [2.05, 4.69) is 10.4 Å². The Kier molecular flexibility index (Phi) is 2.49. The molecule has 4 nitrogen and oxygen atoms in total. The van der Waals surface area contributed by atoms with Gasteiger partial charge in [-0.1, -0.05) is 0 Å². The highest BCUT2D eigenvalue weighted by molar-refractivity contribution is 4.80. The molecule has 0 saturated carbocycles. The molecule has 0 radical (unpaired) electrons. The molecule has 2 heterocycles. The fourth-order valence-corrected chi connectivity index (χ4v) is 1.80. The summed E-state index contributed by atoms with van der Waals surface area (Å²) in [5.41, 5.74) is 0.0750. The van der Waals surface area contributed by atoms with E-state index in [0.717, 1.165) is 32.0 Å². The lowest BCUT2D eigenvalue weighted by Gasteiger charge is -2.07. The maximum Gasteiger partial charge on any atom is 0.266 e. The van der Waals surface area contributed by atoms with Crippen LogP contribution in [0.3, 0.4) is 0 Å². The minimum absolute atomic E-state index is 0.0750. The molecule has 1 unspecified atom stereocenters. The molecule has 1 aliphatic rings. The second-order valence-electron chi connectivity index (χ2n) is 3.60. The van der Waals surface area contributed by atoms with E-state index in [4.69, 9.17) is 0 Å². The Balaban J connectivity index is 1.85. The topological polar surface area (TPSA) is 49.8 Å². The van der Waals surface area contributed by atoms with Crippen LogP contribution in [0.15, 0.2) is 17.1 Å². The fourth-order valence-electron chi connectivity index (χ4n) is 1.80. The van der Waals surface area contributed by atoms with Crippen molar-refractivity contribution in [2.75, 3.05) is 13.1 Å². The van der Waals surface area contributed by atoms with Crippen molar-refractivity contribution in [3.05, 3.63) is 22.6 Å². The quantitative estimate of drug-likeness (QED) is 0.698. The number of hydrogen-bond acceptors (Lipinski definition) is 2. The van der Waals surface area contributed by atoms with E-state index < -0.39 is 0 Å².